The normalized spacial score (nSPS) is 25.0. The fourth-order valence-corrected chi connectivity index (χ4v) is 6.85. The molecule has 2 atom stereocenters. The number of hydrogen-bond donors (Lipinski definition) is 1. The van der Waals surface area contributed by atoms with Crippen molar-refractivity contribution in [1.82, 2.24) is 4.72 Å². The molecule has 168 valence electrons. The van der Waals surface area contributed by atoms with Crippen LogP contribution in [0.5, 0.6) is 5.75 Å². The van der Waals surface area contributed by atoms with Crippen molar-refractivity contribution < 1.29 is 34.2 Å². The zero-order chi connectivity index (χ0) is 22.7. The molecule has 31 heavy (non-hydrogen) atoms. The van der Waals surface area contributed by atoms with Crippen LogP contribution in [0.1, 0.15) is 36.5 Å². The van der Waals surface area contributed by atoms with E-state index in [0.717, 1.165) is 5.56 Å². The number of halogens is 3. The van der Waals surface area contributed by atoms with Gasteiger partial charge in [-0.05, 0) is 60.1 Å². The van der Waals surface area contributed by atoms with Crippen LogP contribution in [0, 0.1) is 5.92 Å². The van der Waals surface area contributed by atoms with E-state index in [4.69, 9.17) is 0 Å². The van der Waals surface area contributed by atoms with Crippen molar-refractivity contribution in [1.29, 1.82) is 0 Å². The Morgan fingerprint density at radius 3 is 2.55 bits per heavy atom. The molecule has 2 aromatic carbocycles. The number of alkyl halides is 3. The summed E-state index contributed by atoms with van der Waals surface area (Å²) in [5, 5.41) is 0. The van der Waals surface area contributed by atoms with Gasteiger partial charge in [0.05, 0.1) is 10.4 Å². The molecule has 1 spiro atoms. The third kappa shape index (κ3) is 3.62. The van der Waals surface area contributed by atoms with E-state index in [2.05, 4.69) is 8.91 Å². The molecule has 2 aromatic rings. The van der Waals surface area contributed by atoms with Crippen LogP contribution in [-0.4, -0.2) is 22.3 Å². The Balaban J connectivity index is 1.73. The number of rotatable bonds is 3. The van der Waals surface area contributed by atoms with E-state index in [1.54, 1.807) is 30.3 Å². The van der Waals surface area contributed by atoms with E-state index < -0.39 is 36.9 Å². The molecule has 1 heterocycles. The standard InChI is InChI=1S/C20H20F3NO5S2/c1-2-15-11-13-7-8-16(29-31(27,28)20(21,22)23)12-14(13)9-10-19(15)17-5-3-4-6-18(17)30(25,26)24-19/h3-8,12,15,24H,2,9-11H2,1H3/t15-,19-/m0/s1. The lowest BCUT2D eigenvalue weighted by atomic mass is 9.74. The third-order valence-corrected chi connectivity index (χ3v) is 8.63. The highest BCUT2D eigenvalue weighted by molar-refractivity contribution is 7.90. The fourth-order valence-electron chi connectivity index (χ4n) is 4.64. The summed E-state index contributed by atoms with van der Waals surface area (Å²) in [4.78, 5) is 0.236. The lowest BCUT2D eigenvalue weighted by molar-refractivity contribution is -0.0500. The molecule has 0 bridgehead atoms. The lowest BCUT2D eigenvalue weighted by Gasteiger charge is -2.36. The number of sulfonamides is 1. The topological polar surface area (TPSA) is 89.5 Å². The largest absolute Gasteiger partial charge is 0.534 e. The maximum atomic E-state index is 12.8. The number of benzene rings is 2. The molecule has 0 amide bonds. The van der Waals surface area contributed by atoms with Crippen LogP contribution in [0.15, 0.2) is 47.4 Å². The van der Waals surface area contributed by atoms with Gasteiger partial charge in [0.2, 0.25) is 10.0 Å². The summed E-state index contributed by atoms with van der Waals surface area (Å²) in [6.45, 7) is 1.96. The second-order valence-electron chi connectivity index (χ2n) is 7.80. The maximum Gasteiger partial charge on any atom is 0.534 e. The van der Waals surface area contributed by atoms with Crippen LogP contribution in [0.2, 0.25) is 0 Å². The molecular formula is C20H20F3NO5S2. The van der Waals surface area contributed by atoms with Crippen molar-refractivity contribution in [2.75, 3.05) is 0 Å². The molecule has 4 rings (SSSR count). The lowest BCUT2D eigenvalue weighted by Crippen LogP contribution is -2.46. The second kappa shape index (κ2) is 7.21. The smallest absolute Gasteiger partial charge is 0.376 e. The first kappa shape index (κ1) is 22.1. The van der Waals surface area contributed by atoms with Gasteiger partial charge in [-0.3, -0.25) is 0 Å². The number of hydrogen-bond acceptors (Lipinski definition) is 5. The van der Waals surface area contributed by atoms with Crippen LogP contribution in [-0.2, 0) is 38.5 Å². The Morgan fingerprint density at radius 2 is 1.87 bits per heavy atom. The van der Waals surface area contributed by atoms with Crippen molar-refractivity contribution in [3.63, 3.8) is 0 Å². The summed E-state index contributed by atoms with van der Waals surface area (Å²) >= 11 is 0. The zero-order valence-corrected chi connectivity index (χ0v) is 18.1. The van der Waals surface area contributed by atoms with Crippen LogP contribution < -0.4 is 8.91 Å². The van der Waals surface area contributed by atoms with Crippen molar-refractivity contribution in [2.24, 2.45) is 5.92 Å². The Bertz CT molecular complexity index is 1240. The quantitative estimate of drug-likeness (QED) is 0.541. The van der Waals surface area contributed by atoms with E-state index >= 15 is 0 Å². The van der Waals surface area contributed by atoms with Gasteiger partial charge < -0.3 is 4.18 Å². The molecular weight excluding hydrogens is 455 g/mol. The second-order valence-corrected chi connectivity index (χ2v) is 11.0. The average molecular weight is 476 g/mol. The van der Waals surface area contributed by atoms with Crippen LogP contribution in [0.4, 0.5) is 13.2 Å². The first-order valence-corrected chi connectivity index (χ1v) is 12.5. The van der Waals surface area contributed by atoms with Gasteiger partial charge in [0.25, 0.3) is 0 Å². The monoisotopic (exact) mass is 475 g/mol. The highest BCUT2D eigenvalue weighted by atomic mass is 32.2. The molecule has 11 heteroatoms. The van der Waals surface area contributed by atoms with Gasteiger partial charge in [0, 0.05) is 0 Å². The number of fused-ring (bicyclic) bond motifs is 3. The van der Waals surface area contributed by atoms with Crippen molar-refractivity contribution >= 4 is 20.1 Å². The summed E-state index contributed by atoms with van der Waals surface area (Å²) in [5.74, 6) is -0.523. The molecule has 0 saturated heterocycles. The van der Waals surface area contributed by atoms with Gasteiger partial charge in [-0.25, -0.2) is 13.1 Å². The van der Waals surface area contributed by atoms with Crippen LogP contribution >= 0.6 is 0 Å². The van der Waals surface area contributed by atoms with Crippen LogP contribution in [0.25, 0.3) is 0 Å². The van der Waals surface area contributed by atoms with E-state index in [1.165, 1.54) is 12.1 Å². The summed E-state index contributed by atoms with van der Waals surface area (Å²) in [6, 6.07) is 10.8. The van der Waals surface area contributed by atoms with Gasteiger partial charge in [-0.2, -0.15) is 21.6 Å². The number of aryl methyl sites for hydroxylation is 1. The predicted molar refractivity (Wildman–Crippen MR) is 106 cm³/mol. The molecule has 1 N–H and O–H groups in total. The summed E-state index contributed by atoms with van der Waals surface area (Å²) in [5.41, 5.74) is -4.23. The summed E-state index contributed by atoms with van der Waals surface area (Å²) in [7, 11) is -9.46. The molecule has 0 radical (unpaired) electrons. The molecule has 0 saturated carbocycles. The van der Waals surface area contributed by atoms with Gasteiger partial charge in [-0.1, -0.05) is 37.6 Å². The van der Waals surface area contributed by atoms with Crippen molar-refractivity contribution in [3.05, 3.63) is 59.2 Å². The molecule has 0 unspecified atom stereocenters. The van der Waals surface area contributed by atoms with Gasteiger partial charge in [0.1, 0.15) is 5.75 Å². The summed E-state index contributed by atoms with van der Waals surface area (Å²) in [6.07, 6.45) is 1.86. The van der Waals surface area contributed by atoms with Gasteiger partial charge in [0.15, 0.2) is 0 Å². The predicted octanol–water partition coefficient (Wildman–Crippen LogP) is 3.62. The zero-order valence-electron chi connectivity index (χ0n) is 16.4. The van der Waals surface area contributed by atoms with Crippen molar-refractivity contribution in [2.45, 2.75) is 48.5 Å². The SMILES string of the molecule is CC[C@H]1Cc2ccc(OS(=O)(=O)C(F)(F)F)cc2CC[C@]12NS(=O)(=O)c1ccccc12. The first-order chi connectivity index (χ1) is 14.4. The Hall–Kier alpha value is -2.11. The molecule has 1 aliphatic carbocycles. The molecule has 0 fully saturated rings. The minimum absolute atomic E-state index is 0.0992. The molecule has 6 nitrogen and oxygen atoms in total. The minimum atomic E-state index is -5.77. The first-order valence-electron chi connectivity index (χ1n) is 9.66. The van der Waals surface area contributed by atoms with E-state index in [-0.39, 0.29) is 10.8 Å². The van der Waals surface area contributed by atoms with E-state index in [9.17, 15) is 30.0 Å². The van der Waals surface area contributed by atoms with Crippen LogP contribution in [0.3, 0.4) is 0 Å². The molecule has 2 aliphatic rings. The highest BCUT2D eigenvalue weighted by Crippen LogP contribution is 2.48. The molecule has 0 aromatic heterocycles. The third-order valence-electron chi connectivity index (χ3n) is 6.09. The maximum absolute atomic E-state index is 12.8. The average Bonchev–Trinajstić information content (AvgIpc) is 2.81. The highest BCUT2D eigenvalue weighted by Gasteiger charge is 2.51. The van der Waals surface area contributed by atoms with Crippen molar-refractivity contribution in [3.8, 4) is 5.75 Å². The van der Waals surface area contributed by atoms with E-state index in [1.807, 2.05) is 6.92 Å². The Morgan fingerprint density at radius 1 is 1.16 bits per heavy atom. The number of nitrogens with one attached hydrogen (secondary N) is 1. The van der Waals surface area contributed by atoms with Gasteiger partial charge >= 0.3 is 15.6 Å². The Labute approximate surface area is 178 Å². The molecule has 1 aliphatic heterocycles. The van der Waals surface area contributed by atoms with Gasteiger partial charge in [-0.15, -0.1) is 0 Å². The fraction of sp³-hybridized carbons (Fsp3) is 0.400. The summed E-state index contributed by atoms with van der Waals surface area (Å²) < 4.78 is 93.3. The van der Waals surface area contributed by atoms with E-state index in [0.29, 0.717) is 36.8 Å². The minimum Gasteiger partial charge on any atom is -0.376 e. The Kier molecular flexibility index (Phi) is 5.14.